The molecule has 4 aromatic rings. The minimum Gasteiger partial charge on any atom is -0.289 e. The summed E-state index contributed by atoms with van der Waals surface area (Å²) in [5.41, 5.74) is 1.38. The molecule has 0 saturated carbocycles. The highest BCUT2D eigenvalue weighted by molar-refractivity contribution is 9.10. The summed E-state index contributed by atoms with van der Waals surface area (Å²) in [7, 11) is 0. The number of nitrogens with zero attached hydrogens (tertiary/aromatic N) is 2. The summed E-state index contributed by atoms with van der Waals surface area (Å²) in [5, 5.41) is 0. The van der Waals surface area contributed by atoms with Crippen molar-refractivity contribution in [3.8, 4) is 0 Å². The van der Waals surface area contributed by atoms with E-state index in [1.165, 1.54) is 36.5 Å². The quantitative estimate of drug-likeness (QED) is 0.285. The molecule has 0 bridgehead atoms. The molecule has 4 nitrogen and oxygen atoms in total. The monoisotopic (exact) mass is 506 g/mol. The molecule has 0 aliphatic carbocycles. The van der Waals surface area contributed by atoms with E-state index in [2.05, 4.69) is 20.9 Å². The summed E-state index contributed by atoms with van der Waals surface area (Å²) in [6, 6.07) is 19.7. The van der Waals surface area contributed by atoms with E-state index in [0.717, 1.165) is 27.1 Å². The number of carbonyl (C=O) groups excluding carboxylic acids is 2. The van der Waals surface area contributed by atoms with Gasteiger partial charge in [-0.25, -0.2) is 13.8 Å². The Hall–Kier alpha value is -3.71. The minimum atomic E-state index is -0.915. The molecular formula is C26H17BrF2N2O2. The van der Waals surface area contributed by atoms with E-state index in [1.54, 1.807) is 30.3 Å². The topological polar surface area (TPSA) is 50.3 Å². The van der Waals surface area contributed by atoms with Crippen LogP contribution in [-0.2, 0) is 0 Å². The first-order valence-corrected chi connectivity index (χ1v) is 10.8. The number of hydrogen-bond acceptors (Lipinski definition) is 3. The van der Waals surface area contributed by atoms with Crippen molar-refractivity contribution in [3.63, 3.8) is 0 Å². The van der Waals surface area contributed by atoms with Gasteiger partial charge < -0.3 is 0 Å². The fraction of sp³-hybridized carbons (Fsp3) is 0.0385. The van der Waals surface area contributed by atoms with Gasteiger partial charge in [0.25, 0.3) is 5.91 Å². The van der Waals surface area contributed by atoms with E-state index in [4.69, 9.17) is 0 Å². The number of aryl methyl sites for hydroxylation is 1. The lowest BCUT2D eigenvalue weighted by atomic mass is 10.0. The Balaban J connectivity index is 1.77. The molecular weight excluding hydrogens is 490 g/mol. The highest BCUT2D eigenvalue weighted by Crippen LogP contribution is 2.31. The highest BCUT2D eigenvalue weighted by atomic mass is 79.9. The lowest BCUT2D eigenvalue weighted by Crippen LogP contribution is -2.28. The normalized spacial score (nSPS) is 10.7. The number of para-hydroxylation sites is 1. The second-order valence-corrected chi connectivity index (χ2v) is 8.24. The predicted octanol–water partition coefficient (Wildman–Crippen LogP) is 6.64. The molecule has 0 aliphatic rings. The Morgan fingerprint density at radius 1 is 0.818 bits per heavy atom. The standard InChI is InChI=1S/C26H17BrF2N2O2/c1-16-4-2-5-18(14-16)25(32)19-10-13-23(30-15-19)31(24-21(28)6-3-7-22(24)29)26(33)17-8-11-20(27)12-9-17/h2-15H,1H3. The molecule has 1 amide bonds. The molecule has 3 aromatic carbocycles. The predicted molar refractivity (Wildman–Crippen MR) is 126 cm³/mol. The van der Waals surface area contributed by atoms with Crippen molar-refractivity contribution in [1.29, 1.82) is 0 Å². The van der Waals surface area contributed by atoms with E-state index in [0.29, 0.717) is 5.56 Å². The number of benzene rings is 3. The Labute approximate surface area is 197 Å². The van der Waals surface area contributed by atoms with Crippen molar-refractivity contribution in [3.05, 3.63) is 123 Å². The largest absolute Gasteiger partial charge is 0.289 e. The number of pyridine rings is 1. The maximum Gasteiger partial charge on any atom is 0.264 e. The molecule has 0 unspecified atom stereocenters. The van der Waals surface area contributed by atoms with E-state index < -0.39 is 23.2 Å². The van der Waals surface area contributed by atoms with Crippen LogP contribution in [0.25, 0.3) is 0 Å². The number of rotatable bonds is 5. The van der Waals surface area contributed by atoms with Gasteiger partial charge in [0.2, 0.25) is 0 Å². The van der Waals surface area contributed by atoms with Crippen LogP contribution in [0.1, 0.15) is 31.8 Å². The van der Waals surface area contributed by atoms with Crippen molar-refractivity contribution in [2.75, 3.05) is 4.90 Å². The Morgan fingerprint density at radius 3 is 2.06 bits per heavy atom. The fourth-order valence-electron chi connectivity index (χ4n) is 3.35. The van der Waals surface area contributed by atoms with Gasteiger partial charge in [-0.05, 0) is 61.5 Å². The van der Waals surface area contributed by atoms with Crippen molar-refractivity contribution in [1.82, 2.24) is 4.98 Å². The average Bonchev–Trinajstić information content (AvgIpc) is 2.81. The summed E-state index contributed by atoms with van der Waals surface area (Å²) in [6.07, 6.45) is 1.29. The molecule has 0 aliphatic heterocycles. The van der Waals surface area contributed by atoms with Crippen LogP contribution in [-0.4, -0.2) is 16.7 Å². The zero-order chi connectivity index (χ0) is 23.5. The molecule has 4 rings (SSSR count). The lowest BCUT2D eigenvalue weighted by molar-refractivity contribution is 0.0996. The summed E-state index contributed by atoms with van der Waals surface area (Å²) in [4.78, 5) is 31.2. The van der Waals surface area contributed by atoms with Gasteiger partial charge in [-0.1, -0.05) is 45.8 Å². The number of hydrogen-bond donors (Lipinski definition) is 0. The Morgan fingerprint density at radius 2 is 1.45 bits per heavy atom. The van der Waals surface area contributed by atoms with Crippen LogP contribution < -0.4 is 4.90 Å². The first-order chi connectivity index (χ1) is 15.8. The third-order valence-electron chi connectivity index (χ3n) is 4.97. The fourth-order valence-corrected chi connectivity index (χ4v) is 3.61. The molecule has 0 N–H and O–H groups in total. The van der Waals surface area contributed by atoms with Crippen molar-refractivity contribution >= 4 is 39.1 Å². The lowest BCUT2D eigenvalue weighted by Gasteiger charge is -2.23. The number of aromatic nitrogens is 1. The zero-order valence-electron chi connectivity index (χ0n) is 17.4. The van der Waals surface area contributed by atoms with Gasteiger partial charge in [0.05, 0.1) is 0 Å². The number of anilines is 2. The van der Waals surface area contributed by atoms with Crippen molar-refractivity contribution < 1.29 is 18.4 Å². The molecule has 7 heteroatoms. The molecule has 33 heavy (non-hydrogen) atoms. The third kappa shape index (κ3) is 4.73. The summed E-state index contributed by atoms with van der Waals surface area (Å²) in [6.45, 7) is 1.88. The van der Waals surface area contributed by atoms with Gasteiger partial charge in [0.1, 0.15) is 23.1 Å². The maximum atomic E-state index is 14.7. The average molecular weight is 507 g/mol. The molecule has 0 fully saturated rings. The van der Waals surface area contributed by atoms with Gasteiger partial charge in [-0.3, -0.25) is 14.5 Å². The number of carbonyl (C=O) groups is 2. The molecule has 1 heterocycles. The minimum absolute atomic E-state index is 0.0206. The smallest absolute Gasteiger partial charge is 0.264 e. The SMILES string of the molecule is Cc1cccc(C(=O)c2ccc(N(C(=O)c3ccc(Br)cc3)c3c(F)cccc3F)nc2)c1. The van der Waals surface area contributed by atoms with Crippen LogP contribution in [0.15, 0.2) is 89.5 Å². The second kappa shape index (κ2) is 9.42. The van der Waals surface area contributed by atoms with E-state index in [1.807, 2.05) is 13.0 Å². The molecule has 0 spiro atoms. The van der Waals surface area contributed by atoms with Crippen LogP contribution >= 0.6 is 15.9 Å². The highest BCUT2D eigenvalue weighted by Gasteiger charge is 2.27. The first kappa shape index (κ1) is 22.5. The van der Waals surface area contributed by atoms with Gasteiger partial charge >= 0.3 is 0 Å². The van der Waals surface area contributed by atoms with Crippen LogP contribution in [0.4, 0.5) is 20.3 Å². The third-order valence-corrected chi connectivity index (χ3v) is 5.50. The summed E-state index contributed by atoms with van der Waals surface area (Å²) >= 11 is 3.30. The molecule has 0 atom stereocenters. The summed E-state index contributed by atoms with van der Waals surface area (Å²) < 4.78 is 30.1. The number of ketones is 1. The van der Waals surface area contributed by atoms with Gasteiger partial charge in [-0.15, -0.1) is 0 Å². The number of halogens is 3. The van der Waals surface area contributed by atoms with Crippen LogP contribution in [0, 0.1) is 18.6 Å². The van der Waals surface area contributed by atoms with Crippen LogP contribution in [0.2, 0.25) is 0 Å². The van der Waals surface area contributed by atoms with Gasteiger partial charge in [0, 0.05) is 27.4 Å². The van der Waals surface area contributed by atoms with Crippen LogP contribution in [0.3, 0.4) is 0 Å². The van der Waals surface area contributed by atoms with E-state index in [9.17, 15) is 18.4 Å². The van der Waals surface area contributed by atoms with Gasteiger partial charge in [0.15, 0.2) is 5.78 Å². The first-order valence-electron chi connectivity index (χ1n) is 9.96. The Kier molecular flexibility index (Phi) is 6.42. The summed E-state index contributed by atoms with van der Waals surface area (Å²) in [5.74, 6) is -2.77. The van der Waals surface area contributed by atoms with Crippen molar-refractivity contribution in [2.24, 2.45) is 0 Å². The molecule has 0 saturated heterocycles. The Bertz CT molecular complexity index is 1320. The van der Waals surface area contributed by atoms with E-state index in [-0.39, 0.29) is 22.7 Å². The van der Waals surface area contributed by atoms with Gasteiger partial charge in [-0.2, -0.15) is 0 Å². The maximum absolute atomic E-state index is 14.7. The molecule has 0 radical (unpaired) electrons. The molecule has 1 aromatic heterocycles. The van der Waals surface area contributed by atoms with Crippen LogP contribution in [0.5, 0.6) is 0 Å². The zero-order valence-corrected chi connectivity index (χ0v) is 19.0. The molecule has 164 valence electrons. The van der Waals surface area contributed by atoms with E-state index >= 15 is 0 Å². The number of amides is 1. The van der Waals surface area contributed by atoms with Crippen molar-refractivity contribution in [2.45, 2.75) is 6.92 Å². The second-order valence-electron chi connectivity index (χ2n) is 7.32.